The van der Waals surface area contributed by atoms with E-state index in [1.807, 2.05) is 13.1 Å². The van der Waals surface area contributed by atoms with Gasteiger partial charge in [0.15, 0.2) is 5.65 Å². The summed E-state index contributed by atoms with van der Waals surface area (Å²) in [5.41, 5.74) is 3.02. The molecular formula is C14H20ClN3. The van der Waals surface area contributed by atoms with Crippen LogP contribution in [-0.4, -0.2) is 14.5 Å². The molecule has 0 spiro atoms. The molecular weight excluding hydrogens is 246 g/mol. The predicted molar refractivity (Wildman–Crippen MR) is 76.0 cm³/mol. The molecule has 0 aliphatic carbocycles. The summed E-state index contributed by atoms with van der Waals surface area (Å²) < 4.78 is 2.19. The molecule has 0 saturated carbocycles. The highest BCUT2D eigenvalue weighted by Crippen LogP contribution is 2.27. The maximum Gasteiger partial charge on any atom is 0.160 e. The lowest BCUT2D eigenvalue weighted by atomic mass is 10.0. The van der Waals surface area contributed by atoms with Crippen molar-refractivity contribution in [2.24, 2.45) is 5.92 Å². The summed E-state index contributed by atoms with van der Waals surface area (Å²) in [6.45, 7) is 8.71. The summed E-state index contributed by atoms with van der Waals surface area (Å²) in [5, 5.41) is 0. The molecule has 0 aromatic carbocycles. The van der Waals surface area contributed by atoms with E-state index in [1.165, 1.54) is 0 Å². The quantitative estimate of drug-likeness (QED) is 0.780. The van der Waals surface area contributed by atoms with Crippen molar-refractivity contribution in [1.82, 2.24) is 14.5 Å². The summed E-state index contributed by atoms with van der Waals surface area (Å²) in [6, 6.07) is 2.43. The Morgan fingerprint density at radius 2 is 2.11 bits per heavy atom. The molecule has 0 aliphatic heterocycles. The Balaban J connectivity index is 2.60. The molecule has 98 valence electrons. The zero-order chi connectivity index (χ0) is 13.3. The van der Waals surface area contributed by atoms with Gasteiger partial charge in [-0.3, -0.25) is 0 Å². The zero-order valence-corrected chi connectivity index (χ0v) is 12.2. The first-order chi connectivity index (χ1) is 8.58. The fourth-order valence-corrected chi connectivity index (χ4v) is 2.44. The summed E-state index contributed by atoms with van der Waals surface area (Å²) in [4.78, 5) is 9.13. The second kappa shape index (κ2) is 5.27. The Labute approximate surface area is 113 Å². The Kier molecular flexibility index (Phi) is 3.91. The number of hydrogen-bond acceptors (Lipinski definition) is 2. The fraction of sp³-hybridized carbons (Fsp3) is 0.571. The van der Waals surface area contributed by atoms with Crippen LogP contribution in [0.5, 0.6) is 0 Å². The molecule has 0 fully saturated rings. The van der Waals surface area contributed by atoms with E-state index in [4.69, 9.17) is 11.6 Å². The maximum atomic E-state index is 6.02. The van der Waals surface area contributed by atoms with Crippen LogP contribution in [0.25, 0.3) is 11.2 Å². The number of imidazole rings is 1. The molecule has 18 heavy (non-hydrogen) atoms. The van der Waals surface area contributed by atoms with Crippen LogP contribution in [0.15, 0.2) is 12.3 Å². The van der Waals surface area contributed by atoms with Gasteiger partial charge in [0.05, 0.1) is 5.88 Å². The van der Waals surface area contributed by atoms with Gasteiger partial charge < -0.3 is 4.57 Å². The number of rotatable bonds is 4. The second-order valence-electron chi connectivity index (χ2n) is 5.01. The molecule has 2 unspecified atom stereocenters. The molecule has 2 heterocycles. The molecule has 2 atom stereocenters. The maximum absolute atomic E-state index is 6.02. The number of halogens is 1. The lowest BCUT2D eigenvalue weighted by Crippen LogP contribution is -2.16. The van der Waals surface area contributed by atoms with Crippen LogP contribution >= 0.6 is 11.6 Å². The van der Waals surface area contributed by atoms with Crippen molar-refractivity contribution in [3.05, 3.63) is 23.7 Å². The highest BCUT2D eigenvalue weighted by molar-refractivity contribution is 6.16. The topological polar surface area (TPSA) is 30.7 Å². The number of aromatic nitrogens is 3. The summed E-state index contributed by atoms with van der Waals surface area (Å²) in [6.07, 6.45) is 3.02. The largest absolute Gasteiger partial charge is 0.309 e. The number of fused-ring (bicyclic) bond motifs is 1. The zero-order valence-electron chi connectivity index (χ0n) is 11.4. The smallest absolute Gasteiger partial charge is 0.160 e. The van der Waals surface area contributed by atoms with Gasteiger partial charge in [-0.25, -0.2) is 9.97 Å². The lowest BCUT2D eigenvalue weighted by molar-refractivity contribution is 0.370. The van der Waals surface area contributed by atoms with Crippen molar-refractivity contribution in [2.45, 2.75) is 46.0 Å². The van der Waals surface area contributed by atoms with Gasteiger partial charge in [0.2, 0.25) is 0 Å². The molecule has 2 aromatic rings. The SMILES string of the molecule is CCC(C)C(C)n1c(CCl)nc2cc(C)cnc21. The van der Waals surface area contributed by atoms with E-state index in [0.717, 1.165) is 29.0 Å². The van der Waals surface area contributed by atoms with Crippen LogP contribution in [-0.2, 0) is 5.88 Å². The highest BCUT2D eigenvalue weighted by atomic mass is 35.5. The third-order valence-electron chi connectivity index (χ3n) is 3.73. The average molecular weight is 266 g/mol. The minimum absolute atomic E-state index is 0.365. The van der Waals surface area contributed by atoms with Gasteiger partial charge >= 0.3 is 0 Å². The van der Waals surface area contributed by atoms with Crippen LogP contribution in [0.3, 0.4) is 0 Å². The number of hydrogen-bond donors (Lipinski definition) is 0. The molecule has 0 N–H and O–H groups in total. The molecule has 0 saturated heterocycles. The third-order valence-corrected chi connectivity index (χ3v) is 3.97. The molecule has 3 nitrogen and oxygen atoms in total. The Morgan fingerprint density at radius 1 is 1.39 bits per heavy atom. The fourth-order valence-electron chi connectivity index (χ4n) is 2.25. The van der Waals surface area contributed by atoms with E-state index in [1.54, 1.807) is 0 Å². The van der Waals surface area contributed by atoms with E-state index in [-0.39, 0.29) is 0 Å². The van der Waals surface area contributed by atoms with Gasteiger partial charge in [0.1, 0.15) is 11.3 Å². The van der Waals surface area contributed by atoms with Crippen LogP contribution < -0.4 is 0 Å². The van der Waals surface area contributed by atoms with E-state index in [0.29, 0.717) is 17.8 Å². The van der Waals surface area contributed by atoms with Gasteiger partial charge in [0.25, 0.3) is 0 Å². The van der Waals surface area contributed by atoms with Crippen LogP contribution in [0.2, 0.25) is 0 Å². The van der Waals surface area contributed by atoms with Crippen molar-refractivity contribution in [2.75, 3.05) is 0 Å². The third kappa shape index (κ3) is 2.24. The van der Waals surface area contributed by atoms with Crippen LogP contribution in [0.1, 0.15) is 44.6 Å². The van der Waals surface area contributed by atoms with Gasteiger partial charge in [0, 0.05) is 12.2 Å². The summed E-state index contributed by atoms with van der Waals surface area (Å²) in [7, 11) is 0. The Bertz CT molecular complexity index is 547. The van der Waals surface area contributed by atoms with Gasteiger partial charge in [-0.05, 0) is 31.4 Å². The number of alkyl halides is 1. The average Bonchev–Trinajstić information content (AvgIpc) is 2.74. The second-order valence-corrected chi connectivity index (χ2v) is 5.28. The standard InChI is InChI=1S/C14H20ClN3/c1-5-10(3)11(4)18-13(7-15)17-12-6-9(2)8-16-14(12)18/h6,8,10-11H,5,7H2,1-4H3. The molecule has 0 amide bonds. The van der Waals surface area contributed by atoms with Crippen molar-refractivity contribution in [1.29, 1.82) is 0 Å². The molecule has 4 heteroatoms. The summed E-state index contributed by atoms with van der Waals surface area (Å²) in [5.74, 6) is 1.92. The molecule has 2 rings (SSSR count). The predicted octanol–water partition coefficient (Wildman–Crippen LogP) is 4.09. The van der Waals surface area contributed by atoms with Crippen molar-refractivity contribution in [3.8, 4) is 0 Å². The highest BCUT2D eigenvalue weighted by Gasteiger charge is 2.20. The first-order valence-corrected chi connectivity index (χ1v) is 7.01. The van der Waals surface area contributed by atoms with Gasteiger partial charge in [-0.1, -0.05) is 20.3 Å². The Hall–Kier alpha value is -1.09. The molecule has 0 radical (unpaired) electrons. The summed E-state index contributed by atoms with van der Waals surface area (Å²) >= 11 is 6.02. The normalized spacial score (nSPS) is 14.9. The minimum atomic E-state index is 0.365. The molecule has 2 aromatic heterocycles. The van der Waals surface area contributed by atoms with Crippen LogP contribution in [0, 0.1) is 12.8 Å². The lowest BCUT2D eigenvalue weighted by Gasteiger charge is -2.22. The number of pyridine rings is 1. The van der Waals surface area contributed by atoms with E-state index >= 15 is 0 Å². The van der Waals surface area contributed by atoms with E-state index < -0.39 is 0 Å². The van der Waals surface area contributed by atoms with Gasteiger partial charge in [-0.2, -0.15) is 0 Å². The molecule has 0 aliphatic rings. The monoisotopic (exact) mass is 265 g/mol. The van der Waals surface area contributed by atoms with Crippen molar-refractivity contribution < 1.29 is 0 Å². The minimum Gasteiger partial charge on any atom is -0.309 e. The van der Waals surface area contributed by atoms with Crippen LogP contribution in [0.4, 0.5) is 0 Å². The van der Waals surface area contributed by atoms with Crippen molar-refractivity contribution >= 4 is 22.8 Å². The number of nitrogens with zero attached hydrogens (tertiary/aromatic N) is 3. The molecule has 0 bridgehead atoms. The van der Waals surface area contributed by atoms with Crippen molar-refractivity contribution in [3.63, 3.8) is 0 Å². The van der Waals surface area contributed by atoms with Gasteiger partial charge in [-0.15, -0.1) is 11.6 Å². The first-order valence-electron chi connectivity index (χ1n) is 6.47. The van der Waals surface area contributed by atoms with E-state index in [9.17, 15) is 0 Å². The first kappa shape index (κ1) is 13.3. The number of aryl methyl sites for hydroxylation is 1. The van der Waals surface area contributed by atoms with E-state index in [2.05, 4.69) is 41.4 Å². The Morgan fingerprint density at radius 3 is 2.72 bits per heavy atom.